The molecule has 5 heteroatoms. The number of benzene rings is 2. The number of hydrogen-bond donors (Lipinski definition) is 0. The molecule has 2 rings (SSSR count). The van der Waals surface area contributed by atoms with Crippen LogP contribution in [0.3, 0.4) is 0 Å². The van der Waals surface area contributed by atoms with E-state index in [1.807, 2.05) is 30.3 Å². The highest BCUT2D eigenvalue weighted by Gasteiger charge is 2.17. The van der Waals surface area contributed by atoms with Crippen molar-refractivity contribution in [2.75, 3.05) is 11.9 Å². The first-order chi connectivity index (χ1) is 10.1. The molecule has 0 bridgehead atoms. The van der Waals surface area contributed by atoms with Crippen molar-refractivity contribution in [1.82, 2.24) is 4.90 Å². The van der Waals surface area contributed by atoms with E-state index in [2.05, 4.69) is 31.9 Å². The van der Waals surface area contributed by atoms with E-state index in [0.29, 0.717) is 28.5 Å². The molecule has 0 aliphatic carbocycles. The first kappa shape index (κ1) is 16.2. The fraction of sp³-hybridized carbons (Fsp3) is 0.188. The fourth-order valence-electron chi connectivity index (χ4n) is 2.02. The minimum atomic E-state index is -0.425. The zero-order valence-electron chi connectivity index (χ0n) is 11.2. The van der Waals surface area contributed by atoms with Crippen LogP contribution in [-0.2, 0) is 6.54 Å². The summed E-state index contributed by atoms with van der Waals surface area (Å²) in [6.07, 6.45) is 0. The van der Waals surface area contributed by atoms with E-state index in [1.54, 1.807) is 11.0 Å². The monoisotopic (exact) mass is 413 g/mol. The quantitative estimate of drug-likeness (QED) is 0.653. The first-order valence-corrected chi connectivity index (χ1v) is 8.37. The number of amides is 1. The highest BCUT2D eigenvalue weighted by Crippen LogP contribution is 2.17. The van der Waals surface area contributed by atoms with Gasteiger partial charge in [-0.05, 0) is 23.8 Å². The lowest BCUT2D eigenvalue weighted by atomic mass is 10.1. The van der Waals surface area contributed by atoms with E-state index in [4.69, 9.17) is 0 Å². The van der Waals surface area contributed by atoms with Gasteiger partial charge in [0.2, 0.25) is 0 Å². The Hall–Kier alpha value is -1.20. The summed E-state index contributed by atoms with van der Waals surface area (Å²) in [4.78, 5) is 14.3. The van der Waals surface area contributed by atoms with Crippen molar-refractivity contribution in [1.29, 1.82) is 0 Å². The van der Waals surface area contributed by atoms with Crippen molar-refractivity contribution in [3.63, 3.8) is 0 Å². The highest BCUT2D eigenvalue weighted by atomic mass is 79.9. The molecule has 0 radical (unpaired) electrons. The molecular weight excluding hydrogens is 401 g/mol. The Morgan fingerprint density at radius 2 is 1.86 bits per heavy atom. The minimum absolute atomic E-state index is 0.182. The molecule has 0 unspecified atom stereocenters. The van der Waals surface area contributed by atoms with E-state index < -0.39 is 5.82 Å². The largest absolute Gasteiger partial charge is 0.333 e. The van der Waals surface area contributed by atoms with Gasteiger partial charge in [-0.25, -0.2) is 4.39 Å². The molecular formula is C16H14Br2FNO. The average molecular weight is 415 g/mol. The van der Waals surface area contributed by atoms with Gasteiger partial charge >= 0.3 is 0 Å². The SMILES string of the molecule is O=C(c1cc(F)cc(Br)c1)N(CCBr)Cc1ccccc1. The molecule has 0 atom stereocenters. The van der Waals surface area contributed by atoms with Crippen LogP contribution >= 0.6 is 31.9 Å². The number of hydrogen-bond acceptors (Lipinski definition) is 1. The van der Waals surface area contributed by atoms with Gasteiger partial charge in [-0.1, -0.05) is 62.2 Å². The zero-order chi connectivity index (χ0) is 15.2. The number of alkyl halides is 1. The van der Waals surface area contributed by atoms with Gasteiger partial charge in [0.1, 0.15) is 5.82 Å². The summed E-state index contributed by atoms with van der Waals surface area (Å²) in [5.41, 5.74) is 1.39. The Kier molecular flexibility index (Phi) is 5.94. The predicted octanol–water partition coefficient (Wildman–Crippen LogP) is 4.63. The maximum absolute atomic E-state index is 13.5. The fourth-order valence-corrected chi connectivity index (χ4v) is 2.91. The molecule has 0 aromatic heterocycles. The standard InChI is InChI=1S/C16H14Br2FNO/c17-6-7-20(11-12-4-2-1-3-5-12)16(21)13-8-14(18)10-15(19)9-13/h1-5,8-10H,6-7,11H2. The van der Waals surface area contributed by atoms with Gasteiger partial charge in [-0.15, -0.1) is 0 Å². The van der Waals surface area contributed by atoms with E-state index in [0.717, 1.165) is 5.56 Å². The van der Waals surface area contributed by atoms with Gasteiger partial charge in [0.15, 0.2) is 0 Å². The third-order valence-electron chi connectivity index (χ3n) is 2.97. The number of nitrogens with zero attached hydrogens (tertiary/aromatic N) is 1. The Labute approximate surface area is 140 Å². The topological polar surface area (TPSA) is 20.3 Å². The first-order valence-electron chi connectivity index (χ1n) is 6.45. The molecule has 21 heavy (non-hydrogen) atoms. The number of halogens is 3. The van der Waals surface area contributed by atoms with Gasteiger partial charge in [0, 0.05) is 28.5 Å². The van der Waals surface area contributed by atoms with Crippen LogP contribution in [0.1, 0.15) is 15.9 Å². The lowest BCUT2D eigenvalue weighted by Crippen LogP contribution is -2.32. The molecule has 110 valence electrons. The Bertz CT molecular complexity index is 599. The van der Waals surface area contributed by atoms with Gasteiger partial charge in [0.25, 0.3) is 5.91 Å². The van der Waals surface area contributed by atoms with Gasteiger partial charge in [-0.3, -0.25) is 4.79 Å². The van der Waals surface area contributed by atoms with Crippen LogP contribution in [0, 0.1) is 5.82 Å². The summed E-state index contributed by atoms with van der Waals surface area (Å²) < 4.78 is 14.0. The molecule has 2 aromatic rings. The lowest BCUT2D eigenvalue weighted by molar-refractivity contribution is 0.0754. The lowest BCUT2D eigenvalue weighted by Gasteiger charge is -2.22. The molecule has 0 heterocycles. The van der Waals surface area contributed by atoms with Crippen LogP contribution in [0.25, 0.3) is 0 Å². The van der Waals surface area contributed by atoms with Crippen LogP contribution in [-0.4, -0.2) is 22.7 Å². The van der Waals surface area contributed by atoms with Crippen LogP contribution in [0.15, 0.2) is 53.0 Å². The predicted molar refractivity (Wildman–Crippen MR) is 89.1 cm³/mol. The number of carbonyl (C=O) groups excluding carboxylic acids is 1. The molecule has 0 aliphatic rings. The third kappa shape index (κ3) is 4.64. The smallest absolute Gasteiger partial charge is 0.254 e. The third-order valence-corrected chi connectivity index (χ3v) is 3.78. The van der Waals surface area contributed by atoms with Crippen molar-refractivity contribution in [2.45, 2.75) is 6.54 Å². The molecule has 2 aromatic carbocycles. The second kappa shape index (κ2) is 7.71. The van der Waals surface area contributed by atoms with Crippen LogP contribution in [0.4, 0.5) is 4.39 Å². The van der Waals surface area contributed by atoms with E-state index in [9.17, 15) is 9.18 Å². The number of rotatable bonds is 5. The van der Waals surface area contributed by atoms with E-state index in [1.165, 1.54) is 12.1 Å². The molecule has 2 nitrogen and oxygen atoms in total. The maximum Gasteiger partial charge on any atom is 0.254 e. The molecule has 0 fully saturated rings. The molecule has 0 aliphatic heterocycles. The summed E-state index contributed by atoms with van der Waals surface area (Å²) >= 11 is 6.57. The molecule has 0 saturated heterocycles. The summed E-state index contributed by atoms with van der Waals surface area (Å²) in [6, 6.07) is 14.0. The normalized spacial score (nSPS) is 10.4. The van der Waals surface area contributed by atoms with Crippen LogP contribution < -0.4 is 0 Å². The Balaban J connectivity index is 2.22. The summed E-state index contributed by atoms with van der Waals surface area (Å²) in [6.45, 7) is 1.06. The second-order valence-electron chi connectivity index (χ2n) is 4.56. The summed E-state index contributed by atoms with van der Waals surface area (Å²) in [5, 5.41) is 0.669. The zero-order valence-corrected chi connectivity index (χ0v) is 14.4. The summed E-state index contributed by atoms with van der Waals surface area (Å²) in [7, 11) is 0. The van der Waals surface area contributed by atoms with Crippen molar-refractivity contribution in [3.8, 4) is 0 Å². The van der Waals surface area contributed by atoms with E-state index >= 15 is 0 Å². The number of carbonyl (C=O) groups is 1. The molecule has 0 N–H and O–H groups in total. The van der Waals surface area contributed by atoms with Crippen molar-refractivity contribution >= 4 is 37.8 Å². The molecule has 0 saturated carbocycles. The average Bonchev–Trinajstić information content (AvgIpc) is 2.46. The van der Waals surface area contributed by atoms with Crippen LogP contribution in [0.2, 0.25) is 0 Å². The molecule has 0 spiro atoms. The Morgan fingerprint density at radius 3 is 2.48 bits per heavy atom. The highest BCUT2D eigenvalue weighted by molar-refractivity contribution is 9.10. The maximum atomic E-state index is 13.5. The van der Waals surface area contributed by atoms with Gasteiger partial charge in [-0.2, -0.15) is 0 Å². The van der Waals surface area contributed by atoms with Crippen LogP contribution in [0.5, 0.6) is 0 Å². The Morgan fingerprint density at radius 1 is 1.14 bits per heavy atom. The van der Waals surface area contributed by atoms with Crippen molar-refractivity contribution < 1.29 is 9.18 Å². The van der Waals surface area contributed by atoms with Crippen molar-refractivity contribution in [3.05, 3.63) is 69.9 Å². The van der Waals surface area contributed by atoms with Crippen molar-refractivity contribution in [2.24, 2.45) is 0 Å². The van der Waals surface area contributed by atoms with Gasteiger partial charge < -0.3 is 4.90 Å². The summed E-state index contributed by atoms with van der Waals surface area (Å²) in [5.74, 6) is -0.607. The minimum Gasteiger partial charge on any atom is -0.333 e. The second-order valence-corrected chi connectivity index (χ2v) is 6.27. The molecule has 1 amide bonds. The van der Waals surface area contributed by atoms with Gasteiger partial charge in [0.05, 0.1) is 0 Å². The van der Waals surface area contributed by atoms with E-state index in [-0.39, 0.29) is 5.91 Å².